The van der Waals surface area contributed by atoms with E-state index in [1.807, 2.05) is 44.2 Å². The Bertz CT molecular complexity index is 464. The number of ether oxygens (including phenoxy) is 2. The predicted octanol–water partition coefficient (Wildman–Crippen LogP) is 2.76. The van der Waals surface area contributed by atoms with E-state index in [0.29, 0.717) is 13.0 Å². The molecule has 0 bridgehead atoms. The Labute approximate surface area is 135 Å². The second kappa shape index (κ2) is 10.1. The number of esters is 1. The van der Waals surface area contributed by atoms with Crippen molar-refractivity contribution in [2.75, 3.05) is 19.1 Å². The van der Waals surface area contributed by atoms with Crippen LogP contribution in [0.15, 0.2) is 30.3 Å². The van der Waals surface area contributed by atoms with Crippen molar-refractivity contribution in [3.8, 4) is 0 Å². The number of carbonyl (C=O) groups excluding carboxylic acids is 2. The van der Waals surface area contributed by atoms with Gasteiger partial charge in [0.2, 0.25) is 0 Å². The van der Waals surface area contributed by atoms with Crippen LogP contribution >= 0.6 is 11.6 Å². The Morgan fingerprint density at radius 3 is 2.45 bits per heavy atom. The molecule has 6 heteroatoms. The largest absolute Gasteiger partial charge is 0.464 e. The van der Waals surface area contributed by atoms with Gasteiger partial charge in [-0.2, -0.15) is 0 Å². The smallest absolute Gasteiger partial charge is 0.407 e. The molecule has 5 nitrogen and oxygen atoms in total. The van der Waals surface area contributed by atoms with Crippen molar-refractivity contribution in [1.29, 1.82) is 0 Å². The number of hydrogen-bond donors (Lipinski definition) is 1. The molecular weight excluding hydrogens is 306 g/mol. The van der Waals surface area contributed by atoms with E-state index in [1.54, 1.807) is 0 Å². The lowest BCUT2D eigenvalue weighted by atomic mass is 10.1. The number of alkyl carbamates (subject to hydrolysis) is 1. The van der Waals surface area contributed by atoms with Crippen LogP contribution in [0, 0.1) is 5.92 Å². The molecule has 0 aromatic heterocycles. The highest BCUT2D eigenvalue weighted by Gasteiger charge is 2.23. The van der Waals surface area contributed by atoms with E-state index in [4.69, 9.17) is 21.1 Å². The zero-order valence-electron chi connectivity index (χ0n) is 12.9. The molecule has 1 aromatic carbocycles. The molecule has 0 aliphatic rings. The summed E-state index contributed by atoms with van der Waals surface area (Å²) in [7, 11) is 0. The molecule has 0 aliphatic carbocycles. The van der Waals surface area contributed by atoms with E-state index in [9.17, 15) is 9.59 Å². The maximum absolute atomic E-state index is 12.1. The van der Waals surface area contributed by atoms with Gasteiger partial charge in [0, 0.05) is 6.42 Å². The van der Waals surface area contributed by atoms with E-state index in [1.165, 1.54) is 0 Å². The second-order valence-corrected chi connectivity index (χ2v) is 5.61. The van der Waals surface area contributed by atoms with Crippen molar-refractivity contribution in [3.05, 3.63) is 35.9 Å². The molecule has 0 saturated heterocycles. The van der Waals surface area contributed by atoms with Crippen LogP contribution in [0.5, 0.6) is 0 Å². The van der Waals surface area contributed by atoms with Gasteiger partial charge in [0.15, 0.2) is 0 Å². The zero-order valence-corrected chi connectivity index (χ0v) is 13.6. The molecule has 122 valence electrons. The van der Waals surface area contributed by atoms with Crippen molar-refractivity contribution < 1.29 is 19.1 Å². The molecule has 1 rings (SSSR count). The minimum absolute atomic E-state index is 0.0898. The number of alkyl halides is 1. The first-order chi connectivity index (χ1) is 10.5. The summed E-state index contributed by atoms with van der Waals surface area (Å²) in [6.45, 7) is 4.29. The quantitative estimate of drug-likeness (QED) is 0.589. The summed E-state index contributed by atoms with van der Waals surface area (Å²) >= 11 is 5.46. The summed E-state index contributed by atoms with van der Waals surface area (Å²) in [5.41, 5.74) is 0.923. The first-order valence-electron chi connectivity index (χ1n) is 7.22. The number of rotatable bonds is 8. The molecule has 1 atom stereocenters. The highest BCUT2D eigenvalue weighted by Crippen LogP contribution is 2.06. The van der Waals surface area contributed by atoms with Crippen LogP contribution in [0.25, 0.3) is 0 Å². The molecule has 0 heterocycles. The third-order valence-corrected chi connectivity index (χ3v) is 2.88. The topological polar surface area (TPSA) is 64.6 Å². The van der Waals surface area contributed by atoms with Crippen molar-refractivity contribution >= 4 is 23.7 Å². The SMILES string of the molecule is CC(C)COC(=O)C(Cc1ccccc1)NC(=O)OCCCl. The molecule has 0 aliphatic heterocycles. The van der Waals surface area contributed by atoms with Crippen LogP contribution < -0.4 is 5.32 Å². The van der Waals surface area contributed by atoms with Crippen LogP contribution in [0.3, 0.4) is 0 Å². The zero-order chi connectivity index (χ0) is 16.4. The molecule has 1 amide bonds. The summed E-state index contributed by atoms with van der Waals surface area (Å²) in [6.07, 6.45) is -0.337. The fourth-order valence-corrected chi connectivity index (χ4v) is 1.78. The molecule has 0 radical (unpaired) electrons. The standard InChI is InChI=1S/C16H22ClNO4/c1-12(2)11-22-15(19)14(18-16(20)21-9-8-17)10-13-6-4-3-5-7-13/h3-7,12,14H,8-11H2,1-2H3,(H,18,20). The molecule has 0 saturated carbocycles. The maximum Gasteiger partial charge on any atom is 0.407 e. The van der Waals surface area contributed by atoms with Gasteiger partial charge in [-0.05, 0) is 11.5 Å². The van der Waals surface area contributed by atoms with E-state index in [0.717, 1.165) is 5.56 Å². The van der Waals surface area contributed by atoms with Gasteiger partial charge in [-0.15, -0.1) is 11.6 Å². The lowest BCUT2D eigenvalue weighted by Crippen LogP contribution is -2.44. The lowest BCUT2D eigenvalue weighted by molar-refractivity contribution is -0.147. The summed E-state index contributed by atoms with van der Waals surface area (Å²) in [6, 6.07) is 8.61. The van der Waals surface area contributed by atoms with Crippen molar-refractivity contribution in [2.45, 2.75) is 26.3 Å². The van der Waals surface area contributed by atoms with Crippen LogP contribution in [-0.4, -0.2) is 37.2 Å². The number of amides is 1. The minimum Gasteiger partial charge on any atom is -0.464 e. The van der Waals surface area contributed by atoms with Gasteiger partial charge in [-0.3, -0.25) is 0 Å². The molecule has 1 N–H and O–H groups in total. The highest BCUT2D eigenvalue weighted by atomic mass is 35.5. The lowest BCUT2D eigenvalue weighted by Gasteiger charge is -2.18. The average molecular weight is 328 g/mol. The van der Waals surface area contributed by atoms with Gasteiger partial charge >= 0.3 is 12.1 Å². The maximum atomic E-state index is 12.1. The van der Waals surface area contributed by atoms with Gasteiger partial charge in [0.1, 0.15) is 12.6 Å². The first kappa shape index (κ1) is 18.3. The van der Waals surface area contributed by atoms with Crippen LogP contribution in [0.4, 0.5) is 4.79 Å². The van der Waals surface area contributed by atoms with Crippen LogP contribution in [-0.2, 0) is 20.7 Å². The van der Waals surface area contributed by atoms with Gasteiger partial charge < -0.3 is 14.8 Å². The fourth-order valence-electron chi connectivity index (χ4n) is 1.71. The number of hydrogen-bond acceptors (Lipinski definition) is 4. The van der Waals surface area contributed by atoms with E-state index < -0.39 is 18.1 Å². The minimum atomic E-state index is -0.788. The molecule has 0 spiro atoms. The van der Waals surface area contributed by atoms with Gasteiger partial charge in [-0.25, -0.2) is 9.59 Å². The Morgan fingerprint density at radius 2 is 1.86 bits per heavy atom. The van der Waals surface area contributed by atoms with Crippen LogP contribution in [0.1, 0.15) is 19.4 Å². The van der Waals surface area contributed by atoms with E-state index >= 15 is 0 Å². The summed E-state index contributed by atoms with van der Waals surface area (Å²) in [5, 5.41) is 2.53. The van der Waals surface area contributed by atoms with Crippen LogP contribution in [0.2, 0.25) is 0 Å². The molecule has 0 fully saturated rings. The predicted molar refractivity (Wildman–Crippen MR) is 84.9 cm³/mol. The Kier molecular flexibility index (Phi) is 8.36. The summed E-state index contributed by atoms with van der Waals surface area (Å²) in [5.74, 6) is -0.0425. The van der Waals surface area contributed by atoms with Crippen molar-refractivity contribution in [1.82, 2.24) is 5.32 Å². The highest BCUT2D eigenvalue weighted by molar-refractivity contribution is 6.18. The Balaban J connectivity index is 2.67. The van der Waals surface area contributed by atoms with E-state index in [-0.39, 0.29) is 18.4 Å². The van der Waals surface area contributed by atoms with Crippen molar-refractivity contribution in [3.63, 3.8) is 0 Å². The number of halogens is 1. The fraction of sp³-hybridized carbons (Fsp3) is 0.500. The molecule has 22 heavy (non-hydrogen) atoms. The molecule has 1 unspecified atom stereocenters. The Morgan fingerprint density at radius 1 is 1.18 bits per heavy atom. The number of nitrogens with one attached hydrogen (secondary N) is 1. The second-order valence-electron chi connectivity index (χ2n) is 5.24. The van der Waals surface area contributed by atoms with Gasteiger partial charge in [0.25, 0.3) is 0 Å². The summed E-state index contributed by atoms with van der Waals surface area (Å²) < 4.78 is 10.1. The third kappa shape index (κ3) is 7.31. The van der Waals surface area contributed by atoms with Gasteiger partial charge in [-0.1, -0.05) is 44.2 Å². The molecule has 1 aromatic rings. The third-order valence-electron chi connectivity index (χ3n) is 2.73. The monoisotopic (exact) mass is 327 g/mol. The molecular formula is C16H22ClNO4. The normalized spacial score (nSPS) is 11.8. The number of carbonyl (C=O) groups is 2. The van der Waals surface area contributed by atoms with Crippen molar-refractivity contribution in [2.24, 2.45) is 5.92 Å². The average Bonchev–Trinajstić information content (AvgIpc) is 2.51. The van der Waals surface area contributed by atoms with E-state index in [2.05, 4.69) is 5.32 Å². The summed E-state index contributed by atoms with van der Waals surface area (Å²) in [4.78, 5) is 23.8. The first-order valence-corrected chi connectivity index (χ1v) is 7.76. The van der Waals surface area contributed by atoms with Gasteiger partial charge in [0.05, 0.1) is 12.5 Å². The number of benzene rings is 1. The Hall–Kier alpha value is -1.75.